The monoisotopic (exact) mass is 184 g/mol. The molecule has 1 rings (SSSR count). The Morgan fingerprint density at radius 3 is 2.08 bits per heavy atom. The zero-order valence-corrected chi connectivity index (χ0v) is 7.53. The molecule has 0 aromatic heterocycles. The predicted molar refractivity (Wildman–Crippen MR) is 45.7 cm³/mol. The van der Waals surface area contributed by atoms with Crippen molar-refractivity contribution in [1.82, 2.24) is 0 Å². The first-order valence-electron chi connectivity index (χ1n) is 4.05. The quantitative estimate of drug-likeness (QED) is 0.646. The summed E-state index contributed by atoms with van der Waals surface area (Å²) in [6.07, 6.45) is 0.548. The smallest absolute Gasteiger partial charge is 0.165 e. The summed E-state index contributed by atoms with van der Waals surface area (Å²) in [5.41, 5.74) is 0.109. The number of carbonyl (C=O) groups excluding carboxylic acids is 1. The second kappa shape index (κ2) is 3.64. The van der Waals surface area contributed by atoms with E-state index >= 15 is 0 Å². The van der Waals surface area contributed by atoms with Crippen LogP contribution in [0.3, 0.4) is 0 Å². The Morgan fingerprint density at radius 1 is 1.31 bits per heavy atom. The van der Waals surface area contributed by atoms with E-state index in [4.69, 9.17) is 0 Å². The molecule has 1 aromatic carbocycles. The number of halogens is 2. The van der Waals surface area contributed by atoms with Crippen molar-refractivity contribution in [2.45, 2.75) is 20.3 Å². The largest absolute Gasteiger partial charge is 0.294 e. The van der Waals surface area contributed by atoms with Crippen molar-refractivity contribution in [2.75, 3.05) is 0 Å². The predicted octanol–water partition coefficient (Wildman–Crippen LogP) is 2.73. The molecule has 0 bridgehead atoms. The van der Waals surface area contributed by atoms with Gasteiger partial charge in [0.2, 0.25) is 0 Å². The highest BCUT2D eigenvalue weighted by Gasteiger charge is 2.14. The number of benzene rings is 1. The summed E-state index contributed by atoms with van der Waals surface area (Å²) in [6, 6.07) is 2.39. The van der Waals surface area contributed by atoms with Gasteiger partial charge in [-0.2, -0.15) is 0 Å². The van der Waals surface area contributed by atoms with Crippen LogP contribution in [0.5, 0.6) is 0 Å². The molecule has 0 aliphatic rings. The van der Waals surface area contributed by atoms with Gasteiger partial charge in [0, 0.05) is 0 Å². The SMILES string of the molecule is CCc1cc(F)c(C(C)=O)c(F)c1. The number of aryl methyl sites for hydroxylation is 1. The summed E-state index contributed by atoms with van der Waals surface area (Å²) in [5.74, 6) is -2.13. The van der Waals surface area contributed by atoms with E-state index in [0.717, 1.165) is 6.92 Å². The van der Waals surface area contributed by atoms with Crippen LogP contribution in [0, 0.1) is 11.6 Å². The van der Waals surface area contributed by atoms with Crippen molar-refractivity contribution in [3.8, 4) is 0 Å². The maximum Gasteiger partial charge on any atom is 0.165 e. The second-order valence-corrected chi connectivity index (χ2v) is 2.84. The van der Waals surface area contributed by atoms with Gasteiger partial charge in [-0.15, -0.1) is 0 Å². The molecule has 1 nitrogen and oxygen atoms in total. The van der Waals surface area contributed by atoms with E-state index in [9.17, 15) is 13.6 Å². The van der Waals surface area contributed by atoms with Gasteiger partial charge >= 0.3 is 0 Å². The maximum atomic E-state index is 13.1. The van der Waals surface area contributed by atoms with Crippen LogP contribution >= 0.6 is 0 Å². The van der Waals surface area contributed by atoms with E-state index < -0.39 is 23.0 Å². The number of Topliss-reactive ketones (excluding diaryl/α,β-unsaturated/α-hetero) is 1. The van der Waals surface area contributed by atoms with Crippen LogP contribution < -0.4 is 0 Å². The van der Waals surface area contributed by atoms with Crippen LogP contribution in [0.2, 0.25) is 0 Å². The molecule has 0 fully saturated rings. The summed E-state index contributed by atoms with van der Waals surface area (Å²) >= 11 is 0. The fourth-order valence-electron chi connectivity index (χ4n) is 1.17. The molecule has 13 heavy (non-hydrogen) atoms. The van der Waals surface area contributed by atoms with Gasteiger partial charge in [0.25, 0.3) is 0 Å². The Kier molecular flexibility index (Phi) is 2.76. The topological polar surface area (TPSA) is 17.1 Å². The molecule has 70 valence electrons. The molecule has 0 atom stereocenters. The van der Waals surface area contributed by atoms with Crippen LogP contribution in [0.25, 0.3) is 0 Å². The summed E-state index contributed by atoms with van der Waals surface area (Å²) in [6.45, 7) is 2.94. The lowest BCUT2D eigenvalue weighted by Gasteiger charge is -2.03. The Balaban J connectivity index is 3.31. The molecule has 0 N–H and O–H groups in total. The highest BCUT2D eigenvalue weighted by atomic mass is 19.1. The number of hydrogen-bond acceptors (Lipinski definition) is 1. The van der Waals surface area contributed by atoms with Crippen molar-refractivity contribution in [2.24, 2.45) is 0 Å². The average molecular weight is 184 g/mol. The Labute approximate surface area is 75.4 Å². The van der Waals surface area contributed by atoms with Crippen LogP contribution in [0.1, 0.15) is 29.8 Å². The first-order chi connectivity index (χ1) is 6.06. The minimum atomic E-state index is -0.774. The molecule has 3 heteroatoms. The van der Waals surface area contributed by atoms with Gasteiger partial charge in [-0.05, 0) is 31.0 Å². The van der Waals surface area contributed by atoms with E-state index in [1.54, 1.807) is 6.92 Å². The van der Waals surface area contributed by atoms with Gasteiger partial charge < -0.3 is 0 Å². The summed E-state index contributed by atoms with van der Waals surface area (Å²) < 4.78 is 26.2. The molecule has 0 radical (unpaired) electrons. The second-order valence-electron chi connectivity index (χ2n) is 2.84. The molecular weight excluding hydrogens is 174 g/mol. The standard InChI is InChI=1S/C10H10F2O/c1-3-7-4-8(11)10(6(2)13)9(12)5-7/h4-5H,3H2,1-2H3. The third-order valence-electron chi connectivity index (χ3n) is 1.86. The highest BCUT2D eigenvalue weighted by molar-refractivity contribution is 5.94. The lowest BCUT2D eigenvalue weighted by atomic mass is 10.1. The molecule has 0 heterocycles. The average Bonchev–Trinajstić information content (AvgIpc) is 2.02. The number of rotatable bonds is 2. The van der Waals surface area contributed by atoms with E-state index in [1.807, 2.05) is 0 Å². The number of ketones is 1. The van der Waals surface area contributed by atoms with Crippen LogP contribution in [-0.2, 0) is 6.42 Å². The first kappa shape index (κ1) is 9.84. The van der Waals surface area contributed by atoms with Gasteiger partial charge in [-0.3, -0.25) is 4.79 Å². The molecule has 0 unspecified atom stereocenters. The fourth-order valence-corrected chi connectivity index (χ4v) is 1.17. The van der Waals surface area contributed by atoms with Gasteiger partial charge in [-0.1, -0.05) is 6.92 Å². The van der Waals surface area contributed by atoms with Crippen molar-refractivity contribution in [1.29, 1.82) is 0 Å². The number of carbonyl (C=O) groups is 1. The van der Waals surface area contributed by atoms with Gasteiger partial charge in [0.1, 0.15) is 11.6 Å². The van der Waals surface area contributed by atoms with Crippen molar-refractivity contribution in [3.63, 3.8) is 0 Å². The normalized spacial score (nSPS) is 10.2. The summed E-state index contributed by atoms with van der Waals surface area (Å²) in [5, 5.41) is 0. The Hall–Kier alpha value is -1.25. The van der Waals surface area contributed by atoms with E-state index in [1.165, 1.54) is 12.1 Å². The summed E-state index contributed by atoms with van der Waals surface area (Å²) in [7, 11) is 0. The fraction of sp³-hybridized carbons (Fsp3) is 0.300. The van der Waals surface area contributed by atoms with Crippen molar-refractivity contribution >= 4 is 5.78 Å². The van der Waals surface area contributed by atoms with E-state index in [2.05, 4.69) is 0 Å². The van der Waals surface area contributed by atoms with Gasteiger partial charge in [0.05, 0.1) is 5.56 Å². The van der Waals surface area contributed by atoms with Crippen molar-refractivity contribution in [3.05, 3.63) is 34.9 Å². The molecule has 0 aliphatic heterocycles. The zero-order chi connectivity index (χ0) is 10.0. The lowest BCUT2D eigenvalue weighted by Crippen LogP contribution is -2.02. The minimum Gasteiger partial charge on any atom is -0.294 e. The Morgan fingerprint density at radius 2 is 1.77 bits per heavy atom. The van der Waals surface area contributed by atoms with Gasteiger partial charge in [0.15, 0.2) is 5.78 Å². The lowest BCUT2D eigenvalue weighted by molar-refractivity contribution is 0.101. The zero-order valence-electron chi connectivity index (χ0n) is 7.53. The molecule has 0 saturated carbocycles. The van der Waals surface area contributed by atoms with Crippen LogP contribution in [0.15, 0.2) is 12.1 Å². The summed E-state index contributed by atoms with van der Waals surface area (Å²) in [4.78, 5) is 10.8. The van der Waals surface area contributed by atoms with Gasteiger partial charge in [-0.25, -0.2) is 8.78 Å². The third-order valence-corrected chi connectivity index (χ3v) is 1.86. The third kappa shape index (κ3) is 1.91. The first-order valence-corrected chi connectivity index (χ1v) is 4.05. The maximum absolute atomic E-state index is 13.1. The molecule has 0 saturated heterocycles. The number of hydrogen-bond donors (Lipinski definition) is 0. The minimum absolute atomic E-state index is 0.447. The highest BCUT2D eigenvalue weighted by Crippen LogP contribution is 2.16. The van der Waals surface area contributed by atoms with Crippen LogP contribution in [-0.4, -0.2) is 5.78 Å². The van der Waals surface area contributed by atoms with E-state index in [-0.39, 0.29) is 0 Å². The van der Waals surface area contributed by atoms with E-state index in [0.29, 0.717) is 12.0 Å². The van der Waals surface area contributed by atoms with Crippen molar-refractivity contribution < 1.29 is 13.6 Å². The molecule has 0 amide bonds. The molecule has 0 spiro atoms. The molecular formula is C10H10F2O. The molecule has 0 aliphatic carbocycles. The Bertz CT molecular complexity index is 322. The van der Waals surface area contributed by atoms with Crippen LogP contribution in [0.4, 0.5) is 8.78 Å². The molecule has 1 aromatic rings.